The minimum Gasteiger partial charge on any atom is -0.440 e. The summed E-state index contributed by atoms with van der Waals surface area (Å²) in [6.07, 6.45) is 2.00. The zero-order valence-corrected chi connectivity index (χ0v) is 15.5. The summed E-state index contributed by atoms with van der Waals surface area (Å²) in [5.41, 5.74) is 1.62. The summed E-state index contributed by atoms with van der Waals surface area (Å²) in [4.78, 5) is 18.7. The Labute approximate surface area is 148 Å². The van der Waals surface area contributed by atoms with Crippen LogP contribution in [0.1, 0.15) is 44.9 Å². The van der Waals surface area contributed by atoms with Crippen LogP contribution in [0, 0.1) is 0 Å². The molecule has 7 heteroatoms. The van der Waals surface area contributed by atoms with E-state index >= 15 is 0 Å². The van der Waals surface area contributed by atoms with Crippen molar-refractivity contribution in [3.05, 3.63) is 30.2 Å². The van der Waals surface area contributed by atoms with Crippen LogP contribution >= 0.6 is 0 Å². The number of aromatic nitrogens is 1. The molecule has 3 rings (SSSR count). The molecule has 1 aromatic carbocycles. The fourth-order valence-corrected chi connectivity index (χ4v) is 4.66. The second-order valence-electron chi connectivity index (χ2n) is 6.63. The normalized spacial score (nSPS) is 17.8. The molecular weight excluding hydrogens is 340 g/mol. The smallest absolute Gasteiger partial charge is 0.240 e. The van der Waals surface area contributed by atoms with Crippen LogP contribution in [0.25, 0.3) is 11.1 Å². The molecule has 6 nitrogen and oxygen atoms in total. The monoisotopic (exact) mass is 364 g/mol. The van der Waals surface area contributed by atoms with Crippen LogP contribution in [-0.4, -0.2) is 48.3 Å². The summed E-state index contributed by atoms with van der Waals surface area (Å²) >= 11 is 0. The Hall–Kier alpha value is -1.89. The zero-order chi connectivity index (χ0) is 18.0. The fourth-order valence-electron chi connectivity index (χ4n) is 3.28. The van der Waals surface area contributed by atoms with Crippen LogP contribution < -0.4 is 0 Å². The molecule has 136 valence electrons. The number of hydrogen-bond donors (Lipinski definition) is 0. The predicted octanol–water partition coefficient (Wildman–Crippen LogP) is 2.75. The van der Waals surface area contributed by atoms with E-state index in [1.807, 2.05) is 24.3 Å². The Balaban J connectivity index is 1.64. The van der Waals surface area contributed by atoms with Gasteiger partial charge in [-0.25, -0.2) is 13.4 Å². The van der Waals surface area contributed by atoms with Gasteiger partial charge in [-0.15, -0.1) is 0 Å². The van der Waals surface area contributed by atoms with Gasteiger partial charge in [0.2, 0.25) is 5.91 Å². The van der Waals surface area contributed by atoms with Gasteiger partial charge in [0.15, 0.2) is 21.3 Å². The molecule has 0 radical (unpaired) electrons. The van der Waals surface area contributed by atoms with Gasteiger partial charge in [-0.05, 0) is 38.3 Å². The number of oxazole rings is 1. The van der Waals surface area contributed by atoms with Crippen molar-refractivity contribution >= 4 is 26.8 Å². The molecule has 0 spiro atoms. The lowest BCUT2D eigenvalue weighted by Crippen LogP contribution is -2.45. The van der Waals surface area contributed by atoms with Crippen molar-refractivity contribution in [1.29, 1.82) is 0 Å². The van der Waals surface area contributed by atoms with Gasteiger partial charge in [0.25, 0.3) is 0 Å². The highest BCUT2D eigenvalue weighted by atomic mass is 32.2. The molecule has 25 heavy (non-hydrogen) atoms. The molecule has 0 saturated carbocycles. The van der Waals surface area contributed by atoms with E-state index in [0.29, 0.717) is 25.4 Å². The quantitative estimate of drug-likeness (QED) is 0.815. The van der Waals surface area contributed by atoms with E-state index in [2.05, 4.69) is 4.98 Å². The molecule has 1 aliphatic rings. The van der Waals surface area contributed by atoms with Gasteiger partial charge in [0.05, 0.1) is 5.75 Å². The number of piperidine rings is 1. The topological polar surface area (TPSA) is 80.5 Å². The van der Waals surface area contributed by atoms with Crippen LogP contribution in [0.5, 0.6) is 0 Å². The maximum Gasteiger partial charge on any atom is 0.240 e. The highest BCUT2D eigenvalue weighted by Gasteiger charge is 2.34. The fraction of sp³-hybridized carbons (Fsp3) is 0.556. The Morgan fingerprint density at radius 1 is 1.32 bits per heavy atom. The Kier molecular flexibility index (Phi) is 5.13. The molecule has 2 aromatic rings. The molecule has 0 aliphatic carbocycles. The lowest BCUT2D eigenvalue weighted by Gasteiger charge is -2.32. The van der Waals surface area contributed by atoms with Crippen molar-refractivity contribution in [1.82, 2.24) is 9.88 Å². The average Bonchev–Trinajstić information content (AvgIpc) is 3.04. The number of para-hydroxylation sites is 2. The molecule has 1 aromatic heterocycles. The second kappa shape index (κ2) is 7.15. The molecule has 1 fully saturated rings. The van der Waals surface area contributed by atoms with E-state index in [9.17, 15) is 13.2 Å². The second-order valence-corrected chi connectivity index (χ2v) is 9.07. The largest absolute Gasteiger partial charge is 0.440 e. The van der Waals surface area contributed by atoms with E-state index in [4.69, 9.17) is 4.42 Å². The highest BCUT2D eigenvalue weighted by molar-refractivity contribution is 7.92. The third-order valence-electron chi connectivity index (χ3n) is 4.84. The van der Waals surface area contributed by atoms with Crippen LogP contribution in [0.3, 0.4) is 0 Å². The lowest BCUT2D eigenvalue weighted by atomic mass is 9.96. The Morgan fingerprint density at radius 3 is 2.64 bits per heavy atom. The molecule has 1 atom stereocenters. The van der Waals surface area contributed by atoms with E-state index in [0.717, 1.165) is 23.9 Å². The summed E-state index contributed by atoms with van der Waals surface area (Å²) in [7, 11) is -3.36. The maximum atomic E-state index is 12.5. The van der Waals surface area contributed by atoms with Crippen molar-refractivity contribution in [3.63, 3.8) is 0 Å². The van der Waals surface area contributed by atoms with Gasteiger partial charge in [-0.3, -0.25) is 4.79 Å². The Bertz CT molecular complexity index is 818. The molecule has 1 aliphatic heterocycles. The molecule has 0 N–H and O–H groups in total. The van der Waals surface area contributed by atoms with Crippen molar-refractivity contribution in [3.8, 4) is 0 Å². The molecule has 0 bridgehead atoms. The summed E-state index contributed by atoms with van der Waals surface area (Å²) in [6, 6.07) is 7.65. The first kappa shape index (κ1) is 17.9. The number of rotatable bonds is 5. The average molecular weight is 364 g/mol. The third-order valence-corrected chi connectivity index (χ3v) is 7.10. The van der Waals surface area contributed by atoms with Gasteiger partial charge in [0, 0.05) is 19.0 Å². The number of likely N-dealkylation sites (tertiary alicyclic amines) is 1. The lowest BCUT2D eigenvalue weighted by molar-refractivity contribution is -0.131. The number of fused-ring (bicyclic) bond motifs is 1. The van der Waals surface area contributed by atoms with Crippen molar-refractivity contribution in [2.75, 3.05) is 18.8 Å². The van der Waals surface area contributed by atoms with Crippen LogP contribution in [-0.2, 0) is 14.6 Å². The van der Waals surface area contributed by atoms with Gasteiger partial charge < -0.3 is 9.32 Å². The summed E-state index contributed by atoms with van der Waals surface area (Å²) in [6.45, 7) is 4.38. The highest BCUT2D eigenvalue weighted by Crippen LogP contribution is 2.30. The summed E-state index contributed by atoms with van der Waals surface area (Å²) in [5, 5.41) is -0.965. The first-order valence-electron chi connectivity index (χ1n) is 8.78. The molecule has 0 unspecified atom stereocenters. The number of hydrogen-bond acceptors (Lipinski definition) is 5. The maximum absolute atomic E-state index is 12.5. The molecule has 1 amide bonds. The van der Waals surface area contributed by atoms with Crippen LogP contribution in [0.4, 0.5) is 0 Å². The van der Waals surface area contributed by atoms with E-state index in [-0.39, 0.29) is 17.6 Å². The minimum absolute atomic E-state index is 0.0548. The van der Waals surface area contributed by atoms with Gasteiger partial charge >= 0.3 is 0 Å². The number of amides is 1. The summed E-state index contributed by atoms with van der Waals surface area (Å²) < 4.78 is 30.1. The number of nitrogens with zero attached hydrogens (tertiary/aromatic N) is 2. The van der Waals surface area contributed by atoms with Crippen molar-refractivity contribution < 1.29 is 17.6 Å². The number of benzene rings is 1. The number of sulfone groups is 1. The van der Waals surface area contributed by atoms with Crippen molar-refractivity contribution in [2.45, 2.75) is 44.3 Å². The number of carbonyl (C=O) groups is 1. The van der Waals surface area contributed by atoms with E-state index in [1.165, 1.54) is 6.92 Å². The SMILES string of the molecule is CCCS(=O)(=O)[C@H](C)C(=O)N1CCC(c2nc3ccccc3o2)CC1. The predicted molar refractivity (Wildman–Crippen MR) is 96.1 cm³/mol. The molecular formula is C18H24N2O4S. The first-order chi connectivity index (χ1) is 11.9. The molecule has 1 saturated heterocycles. The van der Waals surface area contributed by atoms with Crippen LogP contribution in [0.15, 0.2) is 28.7 Å². The number of carbonyl (C=O) groups excluding carboxylic acids is 1. The zero-order valence-electron chi connectivity index (χ0n) is 14.6. The van der Waals surface area contributed by atoms with Gasteiger partial charge in [0.1, 0.15) is 10.8 Å². The summed E-state index contributed by atoms with van der Waals surface area (Å²) in [5.74, 6) is 0.641. The van der Waals surface area contributed by atoms with E-state index < -0.39 is 15.1 Å². The van der Waals surface area contributed by atoms with Gasteiger partial charge in [-0.2, -0.15) is 0 Å². The van der Waals surface area contributed by atoms with Crippen LogP contribution in [0.2, 0.25) is 0 Å². The standard InChI is InChI=1S/C18H24N2O4S/c1-3-12-25(22,23)13(2)18(21)20-10-8-14(9-11-20)17-19-15-6-4-5-7-16(15)24-17/h4-7,13-14H,3,8-12H2,1-2H3/t13-/m1/s1. The van der Waals surface area contributed by atoms with E-state index in [1.54, 1.807) is 11.8 Å². The van der Waals surface area contributed by atoms with Crippen molar-refractivity contribution in [2.24, 2.45) is 0 Å². The third kappa shape index (κ3) is 3.71. The Morgan fingerprint density at radius 2 is 2.00 bits per heavy atom. The molecule has 2 heterocycles. The van der Waals surface area contributed by atoms with Gasteiger partial charge in [-0.1, -0.05) is 19.1 Å². The minimum atomic E-state index is -3.36. The first-order valence-corrected chi connectivity index (χ1v) is 10.5.